The molecule has 0 saturated heterocycles. The van der Waals surface area contributed by atoms with Gasteiger partial charge in [0, 0.05) is 54.7 Å². The Morgan fingerprint density at radius 2 is 0.650 bits per heavy atom. The number of hydrogen-bond donors (Lipinski definition) is 0. The number of fused-ring (bicyclic) bond motifs is 37. The first-order valence-electron chi connectivity index (χ1n) is 45.1. The Morgan fingerprint density at radius 3 is 1.22 bits per heavy atom. The van der Waals surface area contributed by atoms with E-state index in [-0.39, 0.29) is 10.8 Å². The molecule has 0 saturated carbocycles. The van der Waals surface area contributed by atoms with Crippen LogP contribution < -0.4 is 4.90 Å². The van der Waals surface area contributed by atoms with Gasteiger partial charge in [-0.25, -0.2) is 0 Å². The third-order valence-corrected chi connectivity index (χ3v) is 29.4. The second-order valence-electron chi connectivity index (χ2n) is 35.5. The molecule has 2 aromatic heterocycles. The summed E-state index contributed by atoms with van der Waals surface area (Å²) in [6.45, 7) is 9.52. The van der Waals surface area contributed by atoms with Crippen LogP contribution in [0.5, 0.6) is 0 Å². The van der Waals surface area contributed by atoms with Crippen LogP contribution in [0.15, 0.2) is 282 Å². The smallest absolute Gasteiger partial charge is 0.144 e. The summed E-state index contributed by atoms with van der Waals surface area (Å²) in [6.07, 6.45) is 29.4. The monoisotopic (exact) mass is 1520 g/mol. The number of furan rings is 2. The minimum absolute atomic E-state index is 0.192. The van der Waals surface area contributed by atoms with Crippen molar-refractivity contribution >= 4 is 71.7 Å². The maximum Gasteiger partial charge on any atom is 0.144 e. The first kappa shape index (κ1) is 72.2. The van der Waals surface area contributed by atoms with Crippen molar-refractivity contribution in [3.8, 4) is 66.8 Å². The van der Waals surface area contributed by atoms with Gasteiger partial charge >= 0.3 is 0 Å². The molecular formula is C114H105NO2. The fraction of sp³-hybridized carbons (Fsp3) is 0.281. The van der Waals surface area contributed by atoms with Crippen LogP contribution in [0.2, 0.25) is 0 Å². The zero-order valence-electron chi connectivity index (χ0n) is 68.7. The third-order valence-electron chi connectivity index (χ3n) is 29.4. The van der Waals surface area contributed by atoms with Crippen molar-refractivity contribution < 1.29 is 8.83 Å². The summed E-state index contributed by atoms with van der Waals surface area (Å²) in [6, 6.07) is 107. The molecule has 3 nitrogen and oxygen atoms in total. The summed E-state index contributed by atoms with van der Waals surface area (Å²) in [5.41, 5.74) is 38.7. The summed E-state index contributed by atoms with van der Waals surface area (Å²) >= 11 is 0. The predicted molar refractivity (Wildman–Crippen MR) is 492 cm³/mol. The van der Waals surface area contributed by atoms with E-state index in [1.54, 1.807) is 16.7 Å². The average molecular weight is 1520 g/mol. The first-order valence-corrected chi connectivity index (χ1v) is 45.1. The lowest BCUT2D eigenvalue weighted by molar-refractivity contribution is 0.369. The number of unbranched alkanes of at least 4 members (excludes halogenated alkanes) is 16. The van der Waals surface area contributed by atoms with E-state index in [2.05, 4.69) is 306 Å². The molecule has 3 heteroatoms. The van der Waals surface area contributed by atoms with E-state index in [4.69, 9.17) is 8.83 Å². The number of benzene rings is 14. The van der Waals surface area contributed by atoms with Gasteiger partial charge in [0.1, 0.15) is 22.3 Å². The molecule has 0 aliphatic heterocycles. The van der Waals surface area contributed by atoms with Crippen molar-refractivity contribution in [2.24, 2.45) is 0 Å². The molecule has 0 N–H and O–H groups in total. The second kappa shape index (κ2) is 28.8. The Bertz CT molecular complexity index is 6520. The summed E-state index contributed by atoms with van der Waals surface area (Å²) < 4.78 is 14.7. The molecule has 6 aliphatic carbocycles. The summed E-state index contributed by atoms with van der Waals surface area (Å²) in [4.78, 5) is 2.72. The Morgan fingerprint density at radius 1 is 0.248 bits per heavy atom. The van der Waals surface area contributed by atoms with Crippen LogP contribution in [-0.4, -0.2) is 0 Å². The van der Waals surface area contributed by atoms with E-state index < -0.39 is 10.8 Å². The van der Waals surface area contributed by atoms with Gasteiger partial charge in [-0.1, -0.05) is 368 Å². The summed E-state index contributed by atoms with van der Waals surface area (Å²) in [5.74, 6) is 0. The fourth-order valence-corrected chi connectivity index (χ4v) is 24.6. The maximum absolute atomic E-state index is 7.69. The van der Waals surface area contributed by atoms with Gasteiger partial charge in [-0.2, -0.15) is 0 Å². The van der Waals surface area contributed by atoms with Crippen molar-refractivity contribution in [3.63, 3.8) is 0 Å². The largest absolute Gasteiger partial charge is 0.456 e. The molecule has 0 fully saturated rings. The van der Waals surface area contributed by atoms with Crippen molar-refractivity contribution in [1.82, 2.24) is 0 Å². The highest BCUT2D eigenvalue weighted by Gasteiger charge is 2.59. The van der Waals surface area contributed by atoms with Crippen molar-refractivity contribution in [1.29, 1.82) is 0 Å². The zero-order chi connectivity index (χ0) is 78.1. The molecule has 0 bridgehead atoms. The molecule has 578 valence electrons. The molecule has 2 spiro atoms. The molecule has 0 unspecified atom stereocenters. The van der Waals surface area contributed by atoms with Gasteiger partial charge in [-0.05, 0) is 220 Å². The molecule has 14 aromatic carbocycles. The number of para-hydroxylation sites is 2. The molecule has 6 aliphatic rings. The predicted octanol–water partition coefficient (Wildman–Crippen LogP) is 32.8. The number of nitrogens with zero attached hydrogens (tertiary/aromatic N) is 1. The van der Waals surface area contributed by atoms with Gasteiger partial charge in [0.2, 0.25) is 0 Å². The lowest BCUT2D eigenvalue weighted by Crippen LogP contribution is -2.33. The Balaban J connectivity index is 0.818. The van der Waals surface area contributed by atoms with Gasteiger partial charge in [0.15, 0.2) is 0 Å². The Kier molecular flexibility index (Phi) is 17.8. The third kappa shape index (κ3) is 10.4. The van der Waals surface area contributed by atoms with E-state index in [0.29, 0.717) is 0 Å². The summed E-state index contributed by atoms with van der Waals surface area (Å²) in [5, 5.41) is 7.36. The van der Waals surface area contributed by atoms with Crippen molar-refractivity contribution in [2.45, 2.75) is 203 Å². The van der Waals surface area contributed by atoms with Gasteiger partial charge in [-0.3, -0.25) is 0 Å². The minimum Gasteiger partial charge on any atom is -0.456 e. The Labute approximate surface area is 690 Å². The Hall–Kier alpha value is -11.3. The van der Waals surface area contributed by atoms with Crippen LogP contribution in [0, 0.1) is 0 Å². The van der Waals surface area contributed by atoms with E-state index in [1.807, 2.05) is 0 Å². The first-order chi connectivity index (χ1) is 57.9. The number of rotatable bonds is 27. The fourth-order valence-electron chi connectivity index (χ4n) is 24.6. The molecule has 2 heterocycles. The van der Waals surface area contributed by atoms with Crippen LogP contribution in [0.25, 0.3) is 121 Å². The quantitative estimate of drug-likeness (QED) is 0.0481. The van der Waals surface area contributed by atoms with E-state index in [1.165, 1.54) is 284 Å². The second-order valence-corrected chi connectivity index (χ2v) is 35.5. The van der Waals surface area contributed by atoms with Crippen molar-refractivity contribution in [3.05, 3.63) is 340 Å². The molecule has 22 rings (SSSR count). The van der Waals surface area contributed by atoms with E-state index in [0.717, 1.165) is 59.1 Å². The van der Waals surface area contributed by atoms with Gasteiger partial charge < -0.3 is 13.7 Å². The van der Waals surface area contributed by atoms with Crippen molar-refractivity contribution in [2.75, 3.05) is 4.90 Å². The van der Waals surface area contributed by atoms with Gasteiger partial charge in [0.25, 0.3) is 0 Å². The van der Waals surface area contributed by atoms with Crippen LogP contribution in [0.3, 0.4) is 0 Å². The lowest BCUT2D eigenvalue weighted by Gasteiger charge is -2.40. The summed E-state index contributed by atoms with van der Waals surface area (Å²) in [7, 11) is 0. The minimum atomic E-state index is -0.708. The highest BCUT2D eigenvalue weighted by Crippen LogP contribution is 2.72. The van der Waals surface area contributed by atoms with Gasteiger partial charge in [0.05, 0.1) is 16.5 Å². The van der Waals surface area contributed by atoms with E-state index in [9.17, 15) is 0 Å². The van der Waals surface area contributed by atoms with Gasteiger partial charge in [-0.15, -0.1) is 0 Å². The van der Waals surface area contributed by atoms with Crippen LogP contribution in [0.4, 0.5) is 17.1 Å². The molecule has 0 atom stereocenters. The molecule has 16 aromatic rings. The lowest BCUT2D eigenvalue weighted by atomic mass is 9.62. The van der Waals surface area contributed by atoms with Crippen LogP contribution in [-0.2, 0) is 21.7 Å². The molecule has 0 amide bonds. The number of anilines is 3. The molecule has 0 radical (unpaired) electrons. The SMILES string of the molecule is CCCCCCCC1(CCCCCCC)c2ccccc2-c2c1c1c(c3c2oc2ccccc23)-c2ccc(N(c3ccc4c(c3)C3(c5ccccc5-c5ccccc53)c3cc5c(cc3-4)C3(c4ccccc4-c4ccccc43)c3ccc4oc6ccccc6c4c3-5)c3cccc4ccccc34)cc2C1(CCCCCCC)CCCCCCC. The molecule has 117 heavy (non-hydrogen) atoms. The standard InChI is InChI=1S/C114H105NO2/c1-5-9-13-17-37-66-111(67-38-18-14-10-6-2)89-52-30-27-49-83(89)107-109(111)108-105(106-86-51-29-36-59-101(86)117-110(106)107)84-63-61-75(70-95(84)112(108,68-39-19-15-11-7-3)69-40-20-16-12-8-4)115(99-57-41-43-74-42-21-22-44-77(74)99)76-60-62-82-87-72-98-88(73-97(87)114(96(82)71-76)92-55-33-25-47-80(92)81-48-26-34-56-93(81)114)103-94(64-65-102-104(103)85-50-28-35-58-100(85)116-102)113(98)90-53-31-23-45-78(90)79-46-24-32-54-91(79)113/h21-36,41-65,70-73H,5-20,37-40,66-69H2,1-4H3. The maximum atomic E-state index is 7.69. The zero-order valence-corrected chi connectivity index (χ0v) is 68.7. The van der Waals surface area contributed by atoms with E-state index >= 15 is 0 Å². The highest BCUT2D eigenvalue weighted by molar-refractivity contribution is 6.22. The van der Waals surface area contributed by atoms with Crippen LogP contribution >= 0.6 is 0 Å². The average Bonchev–Trinajstić information content (AvgIpc) is 1.50. The normalized spacial score (nSPS) is 14.9. The topological polar surface area (TPSA) is 29.5 Å². The molecular weight excluding hydrogens is 1420 g/mol. The number of hydrogen-bond acceptors (Lipinski definition) is 3. The van der Waals surface area contributed by atoms with Crippen LogP contribution in [0.1, 0.15) is 249 Å². The highest BCUT2D eigenvalue weighted by atomic mass is 16.3.